The molecule has 1 aliphatic rings. The van der Waals surface area contributed by atoms with Gasteiger partial charge in [-0.25, -0.2) is 17.2 Å². The molecule has 19 heavy (non-hydrogen) atoms. The molecule has 1 aromatic rings. The Balaban J connectivity index is 2.33. The van der Waals surface area contributed by atoms with Crippen molar-refractivity contribution in [3.8, 4) is 0 Å². The molecule has 6 heteroatoms. The van der Waals surface area contributed by atoms with Crippen LogP contribution >= 0.6 is 0 Å². The Bertz CT molecular complexity index is 564. The van der Waals surface area contributed by atoms with Gasteiger partial charge in [0.2, 0.25) is 10.0 Å². The first-order valence-electron chi connectivity index (χ1n) is 6.26. The van der Waals surface area contributed by atoms with Gasteiger partial charge in [0.15, 0.2) is 11.6 Å². The molecule has 1 aromatic carbocycles. The predicted octanol–water partition coefficient (Wildman–Crippen LogP) is 2.63. The number of halogens is 2. The smallest absolute Gasteiger partial charge is 0.207 e. The van der Waals surface area contributed by atoms with E-state index in [4.69, 9.17) is 0 Å². The molecule has 0 spiro atoms. The van der Waals surface area contributed by atoms with Crippen LogP contribution in [0.15, 0.2) is 23.1 Å². The van der Waals surface area contributed by atoms with Crippen LogP contribution in [0.25, 0.3) is 0 Å². The van der Waals surface area contributed by atoms with Crippen LogP contribution < -0.4 is 0 Å². The lowest BCUT2D eigenvalue weighted by atomic mass is 9.94. The number of piperidine rings is 1. The molecule has 0 N–H and O–H groups in total. The van der Waals surface area contributed by atoms with Crippen molar-refractivity contribution in [3.63, 3.8) is 0 Å². The summed E-state index contributed by atoms with van der Waals surface area (Å²) >= 11 is 0. The highest BCUT2D eigenvalue weighted by Crippen LogP contribution is 2.27. The third-order valence-corrected chi connectivity index (χ3v) is 5.19. The molecule has 0 amide bonds. The highest BCUT2D eigenvalue weighted by molar-refractivity contribution is 7.89. The largest absolute Gasteiger partial charge is 0.243 e. The van der Waals surface area contributed by atoms with E-state index >= 15 is 0 Å². The van der Waals surface area contributed by atoms with Crippen LogP contribution in [0.5, 0.6) is 0 Å². The van der Waals surface area contributed by atoms with Crippen molar-refractivity contribution in [3.05, 3.63) is 29.8 Å². The maximum absolute atomic E-state index is 13.2. The molecule has 0 unspecified atom stereocenters. The molecule has 0 aromatic heterocycles. The maximum Gasteiger partial charge on any atom is 0.243 e. The first-order valence-corrected chi connectivity index (χ1v) is 7.70. The monoisotopic (exact) mass is 289 g/mol. The minimum absolute atomic E-state index is 0.187. The number of benzene rings is 1. The van der Waals surface area contributed by atoms with Crippen molar-refractivity contribution in [2.75, 3.05) is 13.1 Å². The summed E-state index contributed by atoms with van der Waals surface area (Å²) in [7, 11) is -3.74. The Morgan fingerprint density at radius 3 is 2.21 bits per heavy atom. The molecular weight excluding hydrogens is 272 g/mol. The number of rotatable bonds is 2. The molecule has 0 aliphatic carbocycles. The van der Waals surface area contributed by atoms with Crippen molar-refractivity contribution < 1.29 is 17.2 Å². The number of hydrogen-bond acceptors (Lipinski definition) is 2. The van der Waals surface area contributed by atoms with Crippen LogP contribution in [0.3, 0.4) is 0 Å². The van der Waals surface area contributed by atoms with E-state index in [9.17, 15) is 17.2 Å². The van der Waals surface area contributed by atoms with Crippen LogP contribution in [0.1, 0.15) is 20.3 Å². The molecule has 0 saturated carbocycles. The lowest BCUT2D eigenvalue weighted by molar-refractivity contribution is 0.222. The summed E-state index contributed by atoms with van der Waals surface area (Å²) in [5.74, 6) is -1.65. The van der Waals surface area contributed by atoms with E-state index in [0.717, 1.165) is 24.6 Å². The van der Waals surface area contributed by atoms with Gasteiger partial charge in [-0.05, 0) is 36.5 Å². The lowest BCUT2D eigenvalue weighted by Crippen LogP contribution is -2.42. The Labute approximate surface area is 112 Å². The summed E-state index contributed by atoms with van der Waals surface area (Å²) in [5.41, 5.74) is 0. The van der Waals surface area contributed by atoms with E-state index in [0.29, 0.717) is 13.1 Å². The topological polar surface area (TPSA) is 37.4 Å². The molecule has 3 nitrogen and oxygen atoms in total. The van der Waals surface area contributed by atoms with Crippen molar-refractivity contribution in [1.82, 2.24) is 4.31 Å². The van der Waals surface area contributed by atoms with Gasteiger partial charge in [-0.2, -0.15) is 4.31 Å². The van der Waals surface area contributed by atoms with Gasteiger partial charge in [-0.1, -0.05) is 13.8 Å². The first kappa shape index (κ1) is 14.4. The average Bonchev–Trinajstić information content (AvgIpc) is 2.31. The van der Waals surface area contributed by atoms with Crippen LogP contribution in [0.4, 0.5) is 8.78 Å². The fourth-order valence-electron chi connectivity index (χ4n) is 2.59. The van der Waals surface area contributed by atoms with Crippen LogP contribution in [0.2, 0.25) is 0 Å². The Morgan fingerprint density at radius 1 is 1.11 bits per heavy atom. The Kier molecular flexibility index (Phi) is 3.92. The minimum atomic E-state index is -3.74. The Morgan fingerprint density at radius 2 is 1.68 bits per heavy atom. The second kappa shape index (κ2) is 5.17. The zero-order valence-electron chi connectivity index (χ0n) is 10.9. The number of sulfonamides is 1. The van der Waals surface area contributed by atoms with Crippen molar-refractivity contribution in [1.29, 1.82) is 0 Å². The van der Waals surface area contributed by atoms with Gasteiger partial charge in [0.25, 0.3) is 0 Å². The maximum atomic E-state index is 13.2. The molecule has 106 valence electrons. The van der Waals surface area contributed by atoms with Gasteiger partial charge in [0, 0.05) is 13.1 Å². The fraction of sp³-hybridized carbons (Fsp3) is 0.538. The van der Waals surface area contributed by atoms with Crippen LogP contribution in [0, 0.1) is 23.5 Å². The van der Waals surface area contributed by atoms with Crippen molar-refractivity contribution >= 4 is 10.0 Å². The van der Waals surface area contributed by atoms with Gasteiger partial charge >= 0.3 is 0 Å². The summed E-state index contributed by atoms with van der Waals surface area (Å²) < 4.78 is 52.2. The van der Waals surface area contributed by atoms with E-state index in [-0.39, 0.29) is 16.7 Å². The SMILES string of the molecule is C[C@@H]1C[C@@H](C)CN(S(=O)(=O)c2ccc(F)c(F)c2)C1. The summed E-state index contributed by atoms with van der Waals surface area (Å²) in [6.07, 6.45) is 0.976. The third-order valence-electron chi connectivity index (χ3n) is 3.36. The van der Waals surface area contributed by atoms with Crippen molar-refractivity contribution in [2.24, 2.45) is 11.8 Å². The molecular formula is C13H17F2NO2S. The first-order chi connectivity index (χ1) is 8.80. The summed E-state index contributed by atoms with van der Waals surface area (Å²) in [5, 5.41) is 0. The molecule has 2 rings (SSSR count). The highest BCUT2D eigenvalue weighted by atomic mass is 32.2. The van der Waals surface area contributed by atoms with Gasteiger partial charge in [0.1, 0.15) is 0 Å². The fourth-order valence-corrected chi connectivity index (χ4v) is 4.28. The van der Waals surface area contributed by atoms with E-state index in [1.165, 1.54) is 4.31 Å². The second-order valence-electron chi connectivity index (χ2n) is 5.34. The van der Waals surface area contributed by atoms with Crippen LogP contribution in [-0.2, 0) is 10.0 Å². The Hall–Kier alpha value is -1.01. The standard InChI is InChI=1S/C13H17F2NO2S/c1-9-5-10(2)8-16(7-9)19(17,18)11-3-4-12(14)13(15)6-11/h3-4,6,9-10H,5,7-8H2,1-2H3/t9-,10-/m1/s1. The minimum Gasteiger partial charge on any atom is -0.207 e. The van der Waals surface area contributed by atoms with E-state index in [2.05, 4.69) is 0 Å². The average molecular weight is 289 g/mol. The molecule has 0 radical (unpaired) electrons. The summed E-state index contributed by atoms with van der Waals surface area (Å²) in [4.78, 5) is -0.187. The zero-order chi connectivity index (χ0) is 14.2. The second-order valence-corrected chi connectivity index (χ2v) is 7.28. The zero-order valence-corrected chi connectivity index (χ0v) is 11.8. The van der Waals surface area contributed by atoms with Gasteiger partial charge in [-0.15, -0.1) is 0 Å². The van der Waals surface area contributed by atoms with Gasteiger partial charge < -0.3 is 0 Å². The third kappa shape index (κ3) is 2.95. The van der Waals surface area contributed by atoms with E-state index in [1.807, 2.05) is 13.8 Å². The highest BCUT2D eigenvalue weighted by Gasteiger charge is 2.32. The van der Waals surface area contributed by atoms with Gasteiger partial charge in [-0.3, -0.25) is 0 Å². The van der Waals surface area contributed by atoms with E-state index in [1.54, 1.807) is 0 Å². The summed E-state index contributed by atoms with van der Waals surface area (Å²) in [6.45, 7) is 4.82. The molecule has 1 fully saturated rings. The number of nitrogens with zero attached hydrogens (tertiary/aromatic N) is 1. The molecule has 1 saturated heterocycles. The molecule has 0 bridgehead atoms. The summed E-state index contributed by atoms with van der Waals surface area (Å²) in [6, 6.07) is 2.70. The van der Waals surface area contributed by atoms with E-state index < -0.39 is 21.7 Å². The molecule has 2 atom stereocenters. The number of hydrogen-bond donors (Lipinski definition) is 0. The molecule has 1 aliphatic heterocycles. The lowest BCUT2D eigenvalue weighted by Gasteiger charge is -2.34. The van der Waals surface area contributed by atoms with Crippen molar-refractivity contribution in [2.45, 2.75) is 25.2 Å². The predicted molar refractivity (Wildman–Crippen MR) is 68.1 cm³/mol. The quantitative estimate of drug-likeness (QED) is 0.839. The van der Waals surface area contributed by atoms with Crippen LogP contribution in [-0.4, -0.2) is 25.8 Å². The normalized spacial score (nSPS) is 25.5. The molecule has 1 heterocycles. The van der Waals surface area contributed by atoms with Gasteiger partial charge in [0.05, 0.1) is 4.90 Å².